The number of hydrogen-bond acceptors (Lipinski definition) is 5. The first-order chi connectivity index (χ1) is 10.4. The van der Waals surface area contributed by atoms with E-state index < -0.39 is 5.97 Å². The van der Waals surface area contributed by atoms with Crippen LogP contribution < -0.4 is 0 Å². The summed E-state index contributed by atoms with van der Waals surface area (Å²) in [4.78, 5) is 25.6. The van der Waals surface area contributed by atoms with E-state index in [1.165, 1.54) is 18.2 Å². The predicted molar refractivity (Wildman–Crippen MR) is 80.0 cm³/mol. The average Bonchev–Trinajstić information content (AvgIpc) is 2.45. The van der Waals surface area contributed by atoms with Crippen molar-refractivity contribution >= 4 is 23.5 Å². The Balaban J connectivity index is 1.93. The first-order valence-corrected chi connectivity index (χ1v) is 7.33. The molecular formula is C15H18ClNO5. The number of aromatic hydroxyl groups is 1. The number of rotatable bonds is 3. The van der Waals surface area contributed by atoms with Crippen LogP contribution in [0.4, 0.5) is 0 Å². The second-order valence-electron chi connectivity index (χ2n) is 5.29. The second-order valence-corrected chi connectivity index (χ2v) is 5.73. The molecule has 1 aliphatic rings. The first kappa shape index (κ1) is 16.6. The third kappa shape index (κ3) is 4.11. The number of halogens is 1. The maximum atomic E-state index is 12.1. The van der Waals surface area contributed by atoms with Crippen molar-refractivity contribution < 1.29 is 24.2 Å². The van der Waals surface area contributed by atoms with Crippen molar-refractivity contribution in [3.8, 4) is 5.75 Å². The fourth-order valence-corrected chi connectivity index (χ4v) is 2.52. The number of hydrogen-bond donors (Lipinski definition) is 1. The summed E-state index contributed by atoms with van der Waals surface area (Å²) in [6.07, 6.45) is -0.110. The Bertz CT molecular complexity index is 567. The van der Waals surface area contributed by atoms with Gasteiger partial charge in [-0.25, -0.2) is 4.79 Å². The number of esters is 1. The summed E-state index contributed by atoms with van der Waals surface area (Å²) in [5, 5.41) is 9.92. The van der Waals surface area contributed by atoms with Gasteiger partial charge in [-0.2, -0.15) is 0 Å². The largest absolute Gasteiger partial charge is 0.507 e. The molecule has 1 heterocycles. The van der Waals surface area contributed by atoms with E-state index in [9.17, 15) is 14.7 Å². The van der Waals surface area contributed by atoms with E-state index in [4.69, 9.17) is 21.1 Å². The van der Waals surface area contributed by atoms with Gasteiger partial charge in [0.15, 0.2) is 6.61 Å². The number of amides is 1. The molecule has 0 aromatic heterocycles. The summed E-state index contributed by atoms with van der Waals surface area (Å²) in [5.74, 6) is -1.32. The zero-order valence-corrected chi connectivity index (χ0v) is 13.2. The van der Waals surface area contributed by atoms with Gasteiger partial charge in [0.05, 0.1) is 12.2 Å². The molecule has 1 saturated heterocycles. The highest BCUT2D eigenvalue weighted by Gasteiger charge is 2.26. The third-order valence-electron chi connectivity index (χ3n) is 3.28. The van der Waals surface area contributed by atoms with Crippen LogP contribution in [-0.2, 0) is 14.3 Å². The minimum Gasteiger partial charge on any atom is -0.507 e. The molecule has 120 valence electrons. The van der Waals surface area contributed by atoms with Crippen LogP contribution in [0, 0.1) is 0 Å². The number of benzene rings is 1. The van der Waals surface area contributed by atoms with Crippen LogP contribution in [0.2, 0.25) is 5.02 Å². The van der Waals surface area contributed by atoms with Gasteiger partial charge in [0.25, 0.3) is 5.91 Å². The zero-order chi connectivity index (χ0) is 16.3. The minimum absolute atomic E-state index is 0.0552. The van der Waals surface area contributed by atoms with Crippen molar-refractivity contribution in [2.75, 3.05) is 19.7 Å². The maximum Gasteiger partial charge on any atom is 0.342 e. The molecule has 0 aliphatic carbocycles. The quantitative estimate of drug-likeness (QED) is 0.857. The van der Waals surface area contributed by atoms with Crippen LogP contribution in [0.5, 0.6) is 5.75 Å². The fourth-order valence-electron chi connectivity index (χ4n) is 2.35. The highest BCUT2D eigenvalue weighted by atomic mass is 35.5. The number of ether oxygens (including phenoxy) is 2. The first-order valence-electron chi connectivity index (χ1n) is 6.95. The lowest BCUT2D eigenvalue weighted by molar-refractivity contribution is -0.146. The van der Waals surface area contributed by atoms with Crippen molar-refractivity contribution in [2.45, 2.75) is 26.1 Å². The van der Waals surface area contributed by atoms with Gasteiger partial charge in [0.1, 0.15) is 11.3 Å². The van der Waals surface area contributed by atoms with E-state index in [0.29, 0.717) is 18.1 Å². The van der Waals surface area contributed by atoms with Crippen molar-refractivity contribution in [3.05, 3.63) is 28.8 Å². The van der Waals surface area contributed by atoms with Crippen molar-refractivity contribution in [1.82, 2.24) is 4.90 Å². The third-order valence-corrected chi connectivity index (χ3v) is 3.51. The molecule has 6 nitrogen and oxygen atoms in total. The summed E-state index contributed by atoms with van der Waals surface area (Å²) in [6, 6.07) is 4.05. The van der Waals surface area contributed by atoms with Crippen molar-refractivity contribution in [3.63, 3.8) is 0 Å². The Hall–Kier alpha value is -1.79. The van der Waals surface area contributed by atoms with E-state index in [1.807, 2.05) is 13.8 Å². The topological polar surface area (TPSA) is 76.1 Å². The maximum absolute atomic E-state index is 12.1. The van der Waals surface area contributed by atoms with E-state index >= 15 is 0 Å². The molecule has 22 heavy (non-hydrogen) atoms. The molecule has 0 spiro atoms. The van der Waals surface area contributed by atoms with Crippen LogP contribution in [-0.4, -0.2) is 53.8 Å². The summed E-state index contributed by atoms with van der Waals surface area (Å²) < 4.78 is 10.5. The van der Waals surface area contributed by atoms with Gasteiger partial charge in [0.2, 0.25) is 0 Å². The lowest BCUT2D eigenvalue weighted by Crippen LogP contribution is -2.49. The second kappa shape index (κ2) is 6.98. The average molecular weight is 328 g/mol. The lowest BCUT2D eigenvalue weighted by Gasteiger charge is -2.35. The Labute approximate surface area is 133 Å². The van der Waals surface area contributed by atoms with Crippen LogP contribution in [0.1, 0.15) is 24.2 Å². The highest BCUT2D eigenvalue weighted by molar-refractivity contribution is 6.31. The molecule has 1 aromatic carbocycles. The van der Waals surface area contributed by atoms with Gasteiger partial charge in [-0.05, 0) is 32.0 Å². The summed E-state index contributed by atoms with van der Waals surface area (Å²) in [5.41, 5.74) is -0.0657. The summed E-state index contributed by atoms with van der Waals surface area (Å²) in [6.45, 7) is 4.30. The highest BCUT2D eigenvalue weighted by Crippen LogP contribution is 2.22. The molecule has 1 aromatic rings. The van der Waals surface area contributed by atoms with Crippen LogP contribution in [0.25, 0.3) is 0 Å². The number of carbonyl (C=O) groups is 2. The number of morpholine rings is 1. The van der Waals surface area contributed by atoms with E-state index in [-0.39, 0.29) is 36.0 Å². The van der Waals surface area contributed by atoms with Gasteiger partial charge in [-0.1, -0.05) is 11.6 Å². The molecular weight excluding hydrogens is 310 g/mol. The molecule has 0 radical (unpaired) electrons. The number of nitrogens with zero attached hydrogens (tertiary/aromatic N) is 1. The number of phenols is 1. The van der Waals surface area contributed by atoms with E-state index in [1.54, 1.807) is 4.90 Å². The molecule has 0 bridgehead atoms. The standard InChI is InChI=1S/C15H18ClNO5/c1-9-6-17(7-10(2)22-9)14(19)8-21-15(20)12-5-11(16)3-4-13(12)18/h3-5,9-10,18H,6-8H2,1-2H3. The Kier molecular flexibility index (Phi) is 5.26. The minimum atomic E-state index is -0.789. The monoisotopic (exact) mass is 327 g/mol. The van der Waals surface area contributed by atoms with Crippen LogP contribution >= 0.6 is 11.6 Å². The van der Waals surface area contributed by atoms with Gasteiger partial charge in [-0.15, -0.1) is 0 Å². The van der Waals surface area contributed by atoms with Crippen molar-refractivity contribution in [1.29, 1.82) is 0 Å². The molecule has 1 fully saturated rings. The van der Waals surface area contributed by atoms with Crippen LogP contribution in [0.15, 0.2) is 18.2 Å². The molecule has 1 amide bonds. The van der Waals surface area contributed by atoms with E-state index in [2.05, 4.69) is 0 Å². The molecule has 2 unspecified atom stereocenters. The van der Waals surface area contributed by atoms with Gasteiger partial charge < -0.3 is 19.5 Å². The van der Waals surface area contributed by atoms with Gasteiger partial charge in [-0.3, -0.25) is 4.79 Å². The molecule has 2 rings (SSSR count). The van der Waals surface area contributed by atoms with Crippen LogP contribution in [0.3, 0.4) is 0 Å². The predicted octanol–water partition coefficient (Wildman–Crippen LogP) is 1.84. The Morgan fingerprint density at radius 1 is 1.36 bits per heavy atom. The summed E-state index contributed by atoms with van der Waals surface area (Å²) >= 11 is 5.77. The van der Waals surface area contributed by atoms with Gasteiger partial charge >= 0.3 is 5.97 Å². The molecule has 2 atom stereocenters. The number of phenolic OH excluding ortho intramolecular Hbond substituents is 1. The molecule has 7 heteroatoms. The Morgan fingerprint density at radius 3 is 2.64 bits per heavy atom. The Morgan fingerprint density at radius 2 is 2.00 bits per heavy atom. The fraction of sp³-hybridized carbons (Fsp3) is 0.467. The lowest BCUT2D eigenvalue weighted by atomic mass is 10.2. The SMILES string of the molecule is CC1CN(C(=O)COC(=O)c2cc(Cl)ccc2O)CC(C)O1. The smallest absolute Gasteiger partial charge is 0.342 e. The molecule has 1 aliphatic heterocycles. The summed E-state index contributed by atoms with van der Waals surface area (Å²) in [7, 11) is 0. The van der Waals surface area contributed by atoms with E-state index in [0.717, 1.165) is 0 Å². The number of carbonyl (C=O) groups excluding carboxylic acids is 2. The molecule has 1 N–H and O–H groups in total. The molecule has 0 saturated carbocycles. The van der Waals surface area contributed by atoms with Gasteiger partial charge in [0, 0.05) is 18.1 Å². The normalized spacial score (nSPS) is 21.5. The van der Waals surface area contributed by atoms with Crippen molar-refractivity contribution in [2.24, 2.45) is 0 Å². The zero-order valence-electron chi connectivity index (χ0n) is 12.4.